The van der Waals surface area contributed by atoms with Crippen molar-refractivity contribution in [1.29, 1.82) is 0 Å². The van der Waals surface area contributed by atoms with Crippen LogP contribution in [0.1, 0.15) is 18.5 Å². The summed E-state index contributed by atoms with van der Waals surface area (Å²) in [7, 11) is 2.17. The van der Waals surface area contributed by atoms with Gasteiger partial charge in [0.15, 0.2) is 0 Å². The minimum atomic E-state index is 0.329. The number of nitrogens with one attached hydrogen (secondary N) is 1. The summed E-state index contributed by atoms with van der Waals surface area (Å²) in [4.78, 5) is 2.35. The van der Waals surface area contributed by atoms with Crippen molar-refractivity contribution in [3.63, 3.8) is 0 Å². The van der Waals surface area contributed by atoms with Crippen LogP contribution in [0, 0.1) is 0 Å². The van der Waals surface area contributed by atoms with Gasteiger partial charge in [0, 0.05) is 37.2 Å². The Hall–Kier alpha value is -0.610. The van der Waals surface area contributed by atoms with Crippen LogP contribution >= 0.6 is 11.6 Å². The minimum Gasteiger partial charge on any atom is -0.304 e. The van der Waals surface area contributed by atoms with Gasteiger partial charge in [0.1, 0.15) is 0 Å². The standard InChI is InChI=1S/C13H20ClN3/c1-11(12-3-5-13(14)6-4-12)15-17-9-7-16(2)8-10-17/h3-6,11,15H,7-10H2,1-2H3. The molecular formula is C13H20ClN3. The quantitative estimate of drug-likeness (QED) is 0.891. The van der Waals surface area contributed by atoms with E-state index in [4.69, 9.17) is 11.6 Å². The van der Waals surface area contributed by atoms with Crippen LogP contribution in [0.25, 0.3) is 0 Å². The number of hydrogen-bond donors (Lipinski definition) is 1. The van der Waals surface area contributed by atoms with Gasteiger partial charge in [0.25, 0.3) is 0 Å². The predicted molar refractivity (Wildman–Crippen MR) is 72.1 cm³/mol. The summed E-state index contributed by atoms with van der Waals surface area (Å²) in [6.07, 6.45) is 0. The molecular weight excluding hydrogens is 234 g/mol. The molecule has 0 amide bonds. The van der Waals surface area contributed by atoms with Crippen molar-refractivity contribution in [2.45, 2.75) is 13.0 Å². The Bertz CT molecular complexity index is 344. The van der Waals surface area contributed by atoms with Crippen molar-refractivity contribution < 1.29 is 0 Å². The molecule has 1 aromatic carbocycles. The van der Waals surface area contributed by atoms with Crippen molar-refractivity contribution in [2.75, 3.05) is 33.2 Å². The molecule has 1 saturated heterocycles. The van der Waals surface area contributed by atoms with Gasteiger partial charge in [-0.05, 0) is 31.7 Å². The van der Waals surface area contributed by atoms with Gasteiger partial charge in [0.2, 0.25) is 0 Å². The summed E-state index contributed by atoms with van der Waals surface area (Å²) in [6.45, 7) is 6.59. The zero-order valence-electron chi connectivity index (χ0n) is 10.5. The number of benzene rings is 1. The van der Waals surface area contributed by atoms with E-state index >= 15 is 0 Å². The molecule has 2 rings (SSSR count). The molecule has 3 nitrogen and oxygen atoms in total. The summed E-state index contributed by atoms with van der Waals surface area (Å²) in [6, 6.07) is 8.38. The first-order valence-corrected chi connectivity index (χ1v) is 6.48. The number of likely N-dealkylation sites (N-methyl/N-ethyl adjacent to an activating group) is 1. The minimum absolute atomic E-state index is 0.329. The number of halogens is 1. The first kappa shape index (κ1) is 12.8. The van der Waals surface area contributed by atoms with Gasteiger partial charge in [-0.15, -0.1) is 0 Å². The largest absolute Gasteiger partial charge is 0.304 e. The first-order valence-electron chi connectivity index (χ1n) is 6.10. The molecule has 4 heteroatoms. The molecule has 0 bridgehead atoms. The maximum absolute atomic E-state index is 5.89. The highest BCUT2D eigenvalue weighted by Crippen LogP contribution is 2.16. The van der Waals surface area contributed by atoms with E-state index in [2.05, 4.69) is 41.4 Å². The van der Waals surface area contributed by atoms with Gasteiger partial charge in [-0.2, -0.15) is 0 Å². The molecule has 17 heavy (non-hydrogen) atoms. The Balaban J connectivity index is 1.88. The fraction of sp³-hybridized carbons (Fsp3) is 0.538. The van der Waals surface area contributed by atoms with E-state index in [1.807, 2.05) is 12.1 Å². The zero-order chi connectivity index (χ0) is 12.3. The molecule has 1 aliphatic rings. The summed E-state index contributed by atoms with van der Waals surface area (Å²) in [5, 5.41) is 3.10. The van der Waals surface area contributed by atoms with Crippen LogP contribution in [-0.4, -0.2) is 43.1 Å². The zero-order valence-corrected chi connectivity index (χ0v) is 11.2. The number of piperazine rings is 1. The summed E-state index contributed by atoms with van der Waals surface area (Å²) in [5.74, 6) is 0. The predicted octanol–water partition coefficient (Wildman–Crippen LogP) is 2.15. The molecule has 1 N–H and O–H groups in total. The lowest BCUT2D eigenvalue weighted by molar-refractivity contribution is 0.0899. The van der Waals surface area contributed by atoms with Gasteiger partial charge >= 0.3 is 0 Å². The first-order chi connectivity index (χ1) is 8.15. The molecule has 1 unspecified atom stereocenters. The van der Waals surface area contributed by atoms with Gasteiger partial charge in [-0.25, -0.2) is 10.4 Å². The van der Waals surface area contributed by atoms with Crippen LogP contribution in [0.15, 0.2) is 24.3 Å². The number of hydrazine groups is 1. The van der Waals surface area contributed by atoms with Crippen LogP contribution in [0.4, 0.5) is 0 Å². The van der Waals surface area contributed by atoms with Gasteiger partial charge < -0.3 is 4.90 Å². The third-order valence-corrected chi connectivity index (χ3v) is 3.50. The number of nitrogens with zero attached hydrogens (tertiary/aromatic N) is 2. The van der Waals surface area contributed by atoms with E-state index < -0.39 is 0 Å². The molecule has 1 aliphatic heterocycles. The smallest absolute Gasteiger partial charge is 0.0436 e. The van der Waals surface area contributed by atoms with Crippen LogP contribution in [-0.2, 0) is 0 Å². The van der Waals surface area contributed by atoms with E-state index in [1.165, 1.54) is 5.56 Å². The number of rotatable bonds is 3. The molecule has 94 valence electrons. The Morgan fingerprint density at radius 1 is 1.12 bits per heavy atom. The Labute approximate surface area is 108 Å². The highest BCUT2D eigenvalue weighted by molar-refractivity contribution is 6.30. The Kier molecular flexibility index (Phi) is 4.40. The molecule has 0 saturated carbocycles. The fourth-order valence-corrected chi connectivity index (χ4v) is 2.16. The second-order valence-corrected chi connectivity index (χ2v) is 5.13. The Morgan fingerprint density at radius 2 is 1.71 bits per heavy atom. The molecule has 0 spiro atoms. The van der Waals surface area contributed by atoms with Gasteiger partial charge in [-0.1, -0.05) is 23.7 Å². The van der Waals surface area contributed by atoms with Crippen LogP contribution in [0.2, 0.25) is 5.02 Å². The molecule has 0 aliphatic carbocycles. The monoisotopic (exact) mass is 253 g/mol. The van der Waals surface area contributed by atoms with E-state index in [-0.39, 0.29) is 0 Å². The maximum Gasteiger partial charge on any atom is 0.0436 e. The van der Waals surface area contributed by atoms with Crippen molar-refractivity contribution in [2.24, 2.45) is 0 Å². The SMILES string of the molecule is CC(NN1CCN(C)CC1)c1ccc(Cl)cc1. The lowest BCUT2D eigenvalue weighted by atomic mass is 10.1. The second-order valence-electron chi connectivity index (χ2n) is 4.69. The third kappa shape index (κ3) is 3.68. The van der Waals surface area contributed by atoms with E-state index in [0.29, 0.717) is 6.04 Å². The highest BCUT2D eigenvalue weighted by Gasteiger charge is 2.15. The lowest BCUT2D eigenvalue weighted by Gasteiger charge is -2.34. The Morgan fingerprint density at radius 3 is 2.29 bits per heavy atom. The third-order valence-electron chi connectivity index (χ3n) is 3.25. The molecule has 0 radical (unpaired) electrons. The topological polar surface area (TPSA) is 18.5 Å². The highest BCUT2D eigenvalue weighted by atomic mass is 35.5. The van der Waals surface area contributed by atoms with E-state index in [9.17, 15) is 0 Å². The van der Waals surface area contributed by atoms with Gasteiger partial charge in [0.05, 0.1) is 0 Å². The van der Waals surface area contributed by atoms with Crippen molar-refractivity contribution in [1.82, 2.24) is 15.3 Å². The van der Waals surface area contributed by atoms with Crippen LogP contribution in [0.5, 0.6) is 0 Å². The number of hydrogen-bond acceptors (Lipinski definition) is 3. The molecule has 1 heterocycles. The maximum atomic E-state index is 5.89. The summed E-state index contributed by atoms with van der Waals surface area (Å²) in [5.41, 5.74) is 4.81. The van der Waals surface area contributed by atoms with E-state index in [0.717, 1.165) is 31.2 Å². The molecule has 1 atom stereocenters. The van der Waals surface area contributed by atoms with E-state index in [1.54, 1.807) is 0 Å². The lowest BCUT2D eigenvalue weighted by Crippen LogP contribution is -2.51. The van der Waals surface area contributed by atoms with Gasteiger partial charge in [-0.3, -0.25) is 0 Å². The molecule has 0 aromatic heterocycles. The van der Waals surface area contributed by atoms with Crippen molar-refractivity contribution in [3.05, 3.63) is 34.9 Å². The van der Waals surface area contributed by atoms with Crippen LogP contribution in [0.3, 0.4) is 0 Å². The fourth-order valence-electron chi connectivity index (χ4n) is 2.04. The van der Waals surface area contributed by atoms with Crippen molar-refractivity contribution >= 4 is 11.6 Å². The molecule has 1 aromatic rings. The second kappa shape index (κ2) is 5.83. The average Bonchev–Trinajstić information content (AvgIpc) is 2.33. The average molecular weight is 254 g/mol. The van der Waals surface area contributed by atoms with Crippen molar-refractivity contribution in [3.8, 4) is 0 Å². The normalized spacial score (nSPS) is 20.4. The van der Waals surface area contributed by atoms with Crippen LogP contribution < -0.4 is 5.43 Å². The summed E-state index contributed by atoms with van der Waals surface area (Å²) < 4.78 is 0. The summed E-state index contributed by atoms with van der Waals surface area (Å²) >= 11 is 5.89. The molecule has 1 fully saturated rings.